The second-order valence-electron chi connectivity index (χ2n) is 8.20. The molecule has 39 heavy (non-hydrogen) atoms. The molecule has 0 saturated heterocycles. The maximum Gasteiger partial charge on any atom is 0.270 e. The number of rotatable bonds is 8. The lowest BCUT2D eigenvalue weighted by Crippen LogP contribution is -2.13. The number of sulfonamides is 2. The van der Waals surface area contributed by atoms with Gasteiger partial charge in [0, 0.05) is 18.3 Å². The second-order valence-corrected chi connectivity index (χ2v) is 11.7. The summed E-state index contributed by atoms with van der Waals surface area (Å²) in [4.78, 5) is 4.96. The molecule has 1 heterocycles. The summed E-state index contributed by atoms with van der Waals surface area (Å²) in [6.07, 6.45) is 8.28. The van der Waals surface area contributed by atoms with E-state index in [2.05, 4.69) is 14.3 Å². The first kappa shape index (κ1) is 28.5. The molecule has 13 heteroatoms. The van der Waals surface area contributed by atoms with Crippen LogP contribution in [0.2, 0.25) is 0 Å². The molecule has 1 aliphatic rings. The van der Waals surface area contributed by atoms with Crippen LogP contribution in [0.5, 0.6) is 5.75 Å². The van der Waals surface area contributed by atoms with E-state index in [4.69, 9.17) is 11.3 Å². The van der Waals surface area contributed by atoms with Gasteiger partial charge in [0.05, 0.1) is 48.2 Å². The predicted molar refractivity (Wildman–Crippen MR) is 149 cm³/mol. The Balaban J connectivity index is 1.88. The average molecular weight is 563 g/mol. The van der Waals surface area contributed by atoms with Gasteiger partial charge in [-0.05, 0) is 48.0 Å². The molecule has 0 unspecified atom stereocenters. The summed E-state index contributed by atoms with van der Waals surface area (Å²) in [7, 11) is -5.19. The van der Waals surface area contributed by atoms with Crippen molar-refractivity contribution in [3.8, 4) is 17.9 Å². The maximum absolute atomic E-state index is 11.5. The van der Waals surface area contributed by atoms with Crippen LogP contribution in [0.15, 0.2) is 83.9 Å². The molecule has 0 fully saturated rings. The molecule has 0 amide bonds. The van der Waals surface area contributed by atoms with E-state index < -0.39 is 20.0 Å². The standard InChI is InChI=1S/C26H22N6O5S2/c1-29-22(17-28)26(18-9-11-20(12-10-18)30-38(3,33)34)19(16-27)7-5-6-8-25-32(2)23-15-21(31-39(4,35)36)13-14-24(23)37-25/h5-15,30-31H,2-4H3. The molecular formula is C26H22N6O5S2. The van der Waals surface area contributed by atoms with E-state index in [1.165, 1.54) is 30.3 Å². The first-order valence-electron chi connectivity index (χ1n) is 11.0. The molecule has 3 rings (SSSR count). The minimum absolute atomic E-state index is 0.0431. The Kier molecular flexibility index (Phi) is 8.47. The molecule has 11 nitrogen and oxygen atoms in total. The number of benzene rings is 2. The van der Waals surface area contributed by atoms with E-state index in [0.717, 1.165) is 12.5 Å². The lowest BCUT2D eigenvalue weighted by molar-refractivity contribution is 0.444. The van der Waals surface area contributed by atoms with Crippen LogP contribution < -0.4 is 19.1 Å². The number of anilines is 3. The van der Waals surface area contributed by atoms with Gasteiger partial charge in [-0.3, -0.25) is 9.44 Å². The highest BCUT2D eigenvalue weighted by atomic mass is 32.2. The number of hydrogen-bond donors (Lipinski definition) is 2. The highest BCUT2D eigenvalue weighted by Crippen LogP contribution is 2.39. The minimum atomic E-state index is -3.49. The van der Waals surface area contributed by atoms with Gasteiger partial charge in [0.25, 0.3) is 5.70 Å². The van der Waals surface area contributed by atoms with Gasteiger partial charge in [-0.25, -0.2) is 26.9 Å². The first-order chi connectivity index (χ1) is 18.3. The summed E-state index contributed by atoms with van der Waals surface area (Å²) in [6.45, 7) is 7.37. The maximum atomic E-state index is 11.5. The van der Waals surface area contributed by atoms with Crippen molar-refractivity contribution >= 4 is 42.7 Å². The van der Waals surface area contributed by atoms with Crippen LogP contribution in [0.3, 0.4) is 0 Å². The van der Waals surface area contributed by atoms with Crippen molar-refractivity contribution in [1.82, 2.24) is 0 Å². The molecule has 0 bridgehead atoms. The van der Waals surface area contributed by atoms with Crippen molar-refractivity contribution in [2.75, 3.05) is 33.9 Å². The van der Waals surface area contributed by atoms with Crippen molar-refractivity contribution in [1.29, 1.82) is 10.5 Å². The van der Waals surface area contributed by atoms with Crippen LogP contribution in [0.4, 0.5) is 17.1 Å². The molecule has 2 aromatic carbocycles. The van der Waals surface area contributed by atoms with Gasteiger partial charge >= 0.3 is 0 Å². The van der Waals surface area contributed by atoms with Crippen molar-refractivity contribution in [2.45, 2.75) is 0 Å². The smallest absolute Gasteiger partial charge is 0.270 e. The third kappa shape index (κ3) is 7.49. The third-order valence-electron chi connectivity index (χ3n) is 5.10. The molecule has 1 aliphatic heterocycles. The monoisotopic (exact) mass is 562 g/mol. The number of nitriles is 2. The fraction of sp³-hybridized carbons (Fsp3) is 0.115. The van der Waals surface area contributed by atoms with Gasteiger partial charge in [-0.15, -0.1) is 0 Å². The van der Waals surface area contributed by atoms with Gasteiger partial charge < -0.3 is 9.64 Å². The quantitative estimate of drug-likeness (QED) is 0.278. The van der Waals surface area contributed by atoms with Crippen LogP contribution in [0.25, 0.3) is 10.4 Å². The average Bonchev–Trinajstić information content (AvgIpc) is 3.16. The van der Waals surface area contributed by atoms with Crippen molar-refractivity contribution in [3.05, 3.63) is 101 Å². The first-order valence-corrected chi connectivity index (χ1v) is 14.8. The highest BCUT2D eigenvalue weighted by molar-refractivity contribution is 7.92. The Morgan fingerprint density at radius 1 is 0.974 bits per heavy atom. The minimum Gasteiger partial charge on any atom is -0.439 e. The number of ether oxygens (including phenoxy) is 1. The SMILES string of the molecule is [C-]#[N+]C(C#N)=C(C(C#N)=CC=CC=C1Oc2ccc(NS(C)(=O)=O)cc2N1C)c1ccc(NS(C)(=O)=O)cc1. The van der Waals surface area contributed by atoms with Gasteiger partial charge in [0.1, 0.15) is 0 Å². The van der Waals surface area contributed by atoms with Crippen LogP contribution in [-0.2, 0) is 20.0 Å². The van der Waals surface area contributed by atoms with Gasteiger partial charge in [0.2, 0.25) is 20.0 Å². The van der Waals surface area contributed by atoms with Crippen LogP contribution in [0, 0.1) is 29.2 Å². The van der Waals surface area contributed by atoms with E-state index in [9.17, 15) is 27.4 Å². The summed E-state index contributed by atoms with van der Waals surface area (Å²) in [5.41, 5.74) is 1.55. The summed E-state index contributed by atoms with van der Waals surface area (Å²) in [5, 5.41) is 19.3. The van der Waals surface area contributed by atoms with Crippen molar-refractivity contribution < 1.29 is 21.6 Å². The number of fused-ring (bicyclic) bond motifs is 1. The molecule has 0 atom stereocenters. The summed E-state index contributed by atoms with van der Waals surface area (Å²) >= 11 is 0. The number of nitrogens with one attached hydrogen (secondary N) is 2. The molecule has 2 aromatic rings. The van der Waals surface area contributed by atoms with Crippen LogP contribution >= 0.6 is 0 Å². The molecule has 0 radical (unpaired) electrons. The predicted octanol–water partition coefficient (Wildman–Crippen LogP) is 3.96. The number of nitrogens with zero attached hydrogens (tertiary/aromatic N) is 4. The topological polar surface area (TPSA) is 157 Å². The van der Waals surface area contributed by atoms with E-state index in [1.54, 1.807) is 54.4 Å². The largest absolute Gasteiger partial charge is 0.439 e. The van der Waals surface area contributed by atoms with E-state index in [0.29, 0.717) is 28.6 Å². The van der Waals surface area contributed by atoms with Crippen LogP contribution in [0.1, 0.15) is 5.56 Å². The molecule has 0 aliphatic carbocycles. The van der Waals surface area contributed by atoms with Gasteiger partial charge in [-0.2, -0.15) is 5.26 Å². The fourth-order valence-corrected chi connectivity index (χ4v) is 4.65. The van der Waals surface area contributed by atoms with E-state index in [-0.39, 0.29) is 22.5 Å². The zero-order valence-electron chi connectivity index (χ0n) is 21.0. The lowest BCUT2D eigenvalue weighted by atomic mass is 9.96. The number of hydrogen-bond acceptors (Lipinski definition) is 8. The van der Waals surface area contributed by atoms with Crippen LogP contribution in [-0.4, -0.2) is 36.4 Å². The molecule has 0 spiro atoms. The normalized spacial score (nSPS) is 15.0. The summed E-state index contributed by atoms with van der Waals surface area (Å²) in [5.74, 6) is 0.965. The van der Waals surface area contributed by atoms with Gasteiger partial charge in [0.15, 0.2) is 11.6 Å². The molecule has 2 N–H and O–H groups in total. The molecular weight excluding hydrogens is 540 g/mol. The Morgan fingerprint density at radius 2 is 1.59 bits per heavy atom. The van der Waals surface area contributed by atoms with E-state index in [1.807, 2.05) is 6.07 Å². The molecule has 198 valence electrons. The molecule has 0 aromatic heterocycles. The highest BCUT2D eigenvalue weighted by Gasteiger charge is 2.23. The van der Waals surface area contributed by atoms with E-state index >= 15 is 0 Å². The van der Waals surface area contributed by atoms with Gasteiger partial charge in [-0.1, -0.05) is 24.3 Å². The second kappa shape index (κ2) is 11.6. The zero-order valence-corrected chi connectivity index (χ0v) is 22.6. The fourth-order valence-electron chi connectivity index (χ4n) is 3.53. The van der Waals surface area contributed by atoms with Crippen molar-refractivity contribution in [2.24, 2.45) is 0 Å². The number of allylic oxidation sites excluding steroid dienone is 7. The van der Waals surface area contributed by atoms with Crippen molar-refractivity contribution in [3.63, 3.8) is 0 Å². The zero-order chi connectivity index (χ0) is 28.8. The summed E-state index contributed by atoms with van der Waals surface area (Å²) in [6, 6.07) is 14.6. The Labute approximate surface area is 227 Å². The Hall–Kier alpha value is -5.03. The lowest BCUT2D eigenvalue weighted by Gasteiger charge is -2.11. The molecule has 0 saturated carbocycles. The Bertz CT molecular complexity index is 1750. The third-order valence-corrected chi connectivity index (χ3v) is 6.32. The Morgan fingerprint density at radius 3 is 2.15 bits per heavy atom. The summed E-state index contributed by atoms with van der Waals surface area (Å²) < 4.78 is 56.5.